The summed E-state index contributed by atoms with van der Waals surface area (Å²) in [6.07, 6.45) is 7.28. The van der Waals surface area contributed by atoms with E-state index >= 15 is 0 Å². The summed E-state index contributed by atoms with van der Waals surface area (Å²) in [5.41, 5.74) is 5.46. The second kappa shape index (κ2) is 5.61. The first kappa shape index (κ1) is 12.5. The molecule has 0 unspecified atom stereocenters. The maximum atomic E-state index is 5.72. The third-order valence-electron chi connectivity index (χ3n) is 4.12. The lowest BCUT2D eigenvalue weighted by Crippen LogP contribution is -2.47. The predicted molar refractivity (Wildman–Crippen MR) is 79.1 cm³/mol. The number of guanidine groups is 1. The van der Waals surface area contributed by atoms with Crippen LogP contribution in [-0.2, 0) is 6.42 Å². The Kier molecular flexibility index (Phi) is 3.69. The van der Waals surface area contributed by atoms with Crippen molar-refractivity contribution in [2.45, 2.75) is 44.6 Å². The molecule has 3 rings (SSSR count). The second-order valence-electron chi connectivity index (χ2n) is 5.42. The van der Waals surface area contributed by atoms with E-state index in [4.69, 9.17) is 10.8 Å². The summed E-state index contributed by atoms with van der Waals surface area (Å²) in [5.74, 6) is 6.55. The van der Waals surface area contributed by atoms with Crippen molar-refractivity contribution in [1.29, 1.82) is 0 Å². The van der Waals surface area contributed by atoms with Crippen LogP contribution in [0.3, 0.4) is 0 Å². The molecule has 3 N–H and O–H groups in total. The lowest BCUT2D eigenvalue weighted by Gasteiger charge is -2.32. The monoisotopic (exact) mass is 258 g/mol. The highest BCUT2D eigenvalue weighted by Gasteiger charge is 2.22. The fraction of sp³-hybridized carbons (Fsp3) is 0.533. The Labute approximate surface area is 114 Å². The number of nitrogens with one attached hydrogen (secondary N) is 1. The van der Waals surface area contributed by atoms with Gasteiger partial charge in [-0.3, -0.25) is 5.43 Å². The van der Waals surface area contributed by atoms with Crippen molar-refractivity contribution in [2.75, 3.05) is 11.4 Å². The van der Waals surface area contributed by atoms with E-state index in [2.05, 4.69) is 34.6 Å². The average molecular weight is 258 g/mol. The van der Waals surface area contributed by atoms with Gasteiger partial charge in [-0.15, -0.1) is 0 Å². The first-order valence-corrected chi connectivity index (χ1v) is 7.28. The minimum atomic E-state index is 0.445. The van der Waals surface area contributed by atoms with Crippen LogP contribution in [0.25, 0.3) is 0 Å². The fourth-order valence-electron chi connectivity index (χ4n) is 3.14. The molecule has 1 fully saturated rings. The number of nitrogens with zero attached hydrogens (tertiary/aromatic N) is 2. The van der Waals surface area contributed by atoms with Crippen LogP contribution in [0.4, 0.5) is 5.69 Å². The van der Waals surface area contributed by atoms with Gasteiger partial charge in [-0.2, -0.15) is 0 Å². The third-order valence-corrected chi connectivity index (χ3v) is 4.12. The summed E-state index contributed by atoms with van der Waals surface area (Å²) in [6.45, 7) is 0.993. The Bertz CT molecular complexity index is 463. The average Bonchev–Trinajstić information content (AvgIpc) is 2.97. The van der Waals surface area contributed by atoms with Crippen molar-refractivity contribution < 1.29 is 0 Å². The first-order valence-electron chi connectivity index (χ1n) is 7.28. The maximum absolute atomic E-state index is 5.72. The zero-order valence-electron chi connectivity index (χ0n) is 11.3. The Morgan fingerprint density at radius 2 is 2.00 bits per heavy atom. The predicted octanol–water partition coefficient (Wildman–Crippen LogP) is 2.20. The number of nitrogens with two attached hydrogens (primary N) is 1. The number of aryl methyl sites for hydroxylation is 1. The molecule has 19 heavy (non-hydrogen) atoms. The van der Waals surface area contributed by atoms with Crippen LogP contribution < -0.4 is 16.2 Å². The molecule has 2 aliphatic rings. The molecule has 4 heteroatoms. The van der Waals surface area contributed by atoms with E-state index in [0.29, 0.717) is 6.04 Å². The van der Waals surface area contributed by atoms with Crippen LogP contribution in [0.1, 0.15) is 37.7 Å². The van der Waals surface area contributed by atoms with Gasteiger partial charge in [0.1, 0.15) is 0 Å². The molecule has 0 amide bonds. The smallest absolute Gasteiger partial charge is 0.213 e. The highest BCUT2D eigenvalue weighted by molar-refractivity contribution is 5.96. The number of benzene rings is 1. The third kappa shape index (κ3) is 2.59. The molecule has 0 spiro atoms. The highest BCUT2D eigenvalue weighted by Crippen LogP contribution is 2.27. The SMILES string of the molecule is NNC(=NC1CCCC1)N1CCCc2ccccc21. The topological polar surface area (TPSA) is 53.6 Å². The van der Waals surface area contributed by atoms with E-state index in [0.717, 1.165) is 25.3 Å². The number of rotatable bonds is 1. The Balaban J connectivity index is 1.88. The fourth-order valence-corrected chi connectivity index (χ4v) is 3.14. The van der Waals surface area contributed by atoms with Crippen LogP contribution in [0, 0.1) is 0 Å². The summed E-state index contributed by atoms with van der Waals surface area (Å²) < 4.78 is 0. The van der Waals surface area contributed by atoms with E-state index in [9.17, 15) is 0 Å². The molecule has 1 aromatic rings. The largest absolute Gasteiger partial charge is 0.311 e. The van der Waals surface area contributed by atoms with Gasteiger partial charge >= 0.3 is 0 Å². The molecular formula is C15H22N4. The first-order chi connectivity index (χ1) is 9.38. The van der Waals surface area contributed by atoms with Crippen LogP contribution in [0.2, 0.25) is 0 Å². The molecule has 0 aromatic heterocycles. The number of anilines is 1. The summed E-state index contributed by atoms with van der Waals surface area (Å²) in [7, 11) is 0. The van der Waals surface area contributed by atoms with Crippen molar-refractivity contribution in [1.82, 2.24) is 5.43 Å². The molecule has 0 atom stereocenters. The molecule has 1 aromatic carbocycles. The number of hydrazine groups is 1. The van der Waals surface area contributed by atoms with E-state index in [1.165, 1.54) is 36.9 Å². The van der Waals surface area contributed by atoms with Gasteiger partial charge in [-0.1, -0.05) is 31.0 Å². The Morgan fingerprint density at radius 3 is 2.79 bits per heavy atom. The lowest BCUT2D eigenvalue weighted by atomic mass is 10.0. The number of hydrogen-bond acceptors (Lipinski definition) is 2. The molecule has 4 nitrogen and oxygen atoms in total. The van der Waals surface area contributed by atoms with E-state index in [-0.39, 0.29) is 0 Å². The van der Waals surface area contributed by atoms with Crippen molar-refractivity contribution in [2.24, 2.45) is 10.8 Å². The molecule has 102 valence electrons. The summed E-state index contributed by atoms with van der Waals surface area (Å²) in [4.78, 5) is 7.06. The maximum Gasteiger partial charge on any atom is 0.213 e. The quantitative estimate of drug-likeness (QED) is 0.351. The molecule has 1 aliphatic heterocycles. The molecular weight excluding hydrogens is 236 g/mol. The molecule has 0 bridgehead atoms. The molecule has 0 saturated heterocycles. The number of para-hydroxylation sites is 1. The zero-order chi connectivity index (χ0) is 13.1. The zero-order valence-corrected chi connectivity index (χ0v) is 11.3. The standard InChI is InChI=1S/C15H22N4/c16-18-15(17-13-8-2-3-9-13)19-11-5-7-12-6-1-4-10-14(12)19/h1,4,6,10,13H,2-3,5,7-9,11,16H2,(H,17,18). The molecule has 0 radical (unpaired) electrons. The Hall–Kier alpha value is -1.55. The van der Waals surface area contributed by atoms with Crippen LogP contribution >= 0.6 is 0 Å². The van der Waals surface area contributed by atoms with Gasteiger partial charge in [0.15, 0.2) is 0 Å². The van der Waals surface area contributed by atoms with Gasteiger partial charge < -0.3 is 4.90 Å². The van der Waals surface area contributed by atoms with Crippen molar-refractivity contribution in [3.8, 4) is 0 Å². The highest BCUT2D eigenvalue weighted by atomic mass is 15.4. The van der Waals surface area contributed by atoms with Crippen LogP contribution in [0.15, 0.2) is 29.3 Å². The van der Waals surface area contributed by atoms with Gasteiger partial charge in [0, 0.05) is 12.2 Å². The van der Waals surface area contributed by atoms with Crippen molar-refractivity contribution >= 4 is 11.6 Å². The summed E-state index contributed by atoms with van der Waals surface area (Å²) in [6, 6.07) is 8.99. The summed E-state index contributed by atoms with van der Waals surface area (Å²) >= 11 is 0. The minimum absolute atomic E-state index is 0.445. The van der Waals surface area contributed by atoms with Crippen LogP contribution in [-0.4, -0.2) is 18.5 Å². The van der Waals surface area contributed by atoms with Gasteiger partial charge in [-0.25, -0.2) is 10.8 Å². The van der Waals surface area contributed by atoms with E-state index < -0.39 is 0 Å². The van der Waals surface area contributed by atoms with Crippen molar-refractivity contribution in [3.63, 3.8) is 0 Å². The van der Waals surface area contributed by atoms with E-state index in [1.807, 2.05) is 0 Å². The Morgan fingerprint density at radius 1 is 1.21 bits per heavy atom. The number of hydrogen-bond donors (Lipinski definition) is 2. The lowest BCUT2D eigenvalue weighted by molar-refractivity contribution is 0.686. The number of aliphatic imine (C=N–C) groups is 1. The van der Waals surface area contributed by atoms with Crippen LogP contribution in [0.5, 0.6) is 0 Å². The van der Waals surface area contributed by atoms with E-state index in [1.54, 1.807) is 0 Å². The molecule has 1 heterocycles. The molecule has 1 aliphatic carbocycles. The second-order valence-corrected chi connectivity index (χ2v) is 5.42. The molecule has 1 saturated carbocycles. The van der Waals surface area contributed by atoms with Gasteiger partial charge in [0.05, 0.1) is 6.04 Å². The number of fused-ring (bicyclic) bond motifs is 1. The van der Waals surface area contributed by atoms with Gasteiger partial charge in [0.25, 0.3) is 0 Å². The van der Waals surface area contributed by atoms with Crippen molar-refractivity contribution in [3.05, 3.63) is 29.8 Å². The van der Waals surface area contributed by atoms with Gasteiger partial charge in [-0.05, 0) is 37.3 Å². The summed E-state index contributed by atoms with van der Waals surface area (Å²) in [5, 5.41) is 0. The van der Waals surface area contributed by atoms with Gasteiger partial charge in [0.2, 0.25) is 5.96 Å². The minimum Gasteiger partial charge on any atom is -0.311 e. The normalized spacial score (nSPS) is 20.5.